The van der Waals surface area contributed by atoms with E-state index >= 15 is 0 Å². The third-order valence-corrected chi connectivity index (χ3v) is 4.87. The number of rotatable bonds is 2. The lowest BCUT2D eigenvalue weighted by Gasteiger charge is -2.00. The molecule has 112 valence electrons. The van der Waals surface area contributed by atoms with E-state index in [2.05, 4.69) is 5.10 Å². The number of fused-ring (bicyclic) bond motifs is 1. The first-order valence-electron chi connectivity index (χ1n) is 6.33. The number of nitro groups is 1. The average molecular weight is 336 g/mol. The summed E-state index contributed by atoms with van der Waals surface area (Å²) in [5.41, 5.74) is 1.41. The number of hydrogen-bond acceptors (Lipinski definition) is 5. The summed E-state index contributed by atoms with van der Waals surface area (Å²) >= 11 is 7.40. The molecule has 2 heterocycles. The summed E-state index contributed by atoms with van der Waals surface area (Å²) in [5.74, 6) is -0.334. The molecule has 0 aliphatic carbocycles. The number of non-ortho nitro benzene ring substituents is 1. The summed E-state index contributed by atoms with van der Waals surface area (Å²) in [4.78, 5) is 23.3. The van der Waals surface area contributed by atoms with Crippen LogP contribution < -0.4 is 0 Å². The number of nitrogens with zero attached hydrogens (tertiary/aromatic N) is 3. The molecule has 1 aromatic carbocycles. The molecule has 0 amide bonds. The molecular weight excluding hydrogens is 326 g/mol. The van der Waals surface area contributed by atoms with Crippen LogP contribution in [0.5, 0.6) is 0 Å². The van der Waals surface area contributed by atoms with E-state index in [1.165, 1.54) is 16.8 Å². The number of carbonyl (C=O) groups excluding carboxylic acids is 1. The number of aryl methyl sites for hydroxylation is 2. The molecule has 6 nitrogen and oxygen atoms in total. The Morgan fingerprint density at radius 2 is 2.09 bits per heavy atom. The lowest BCUT2D eigenvalue weighted by atomic mass is 10.2. The van der Waals surface area contributed by atoms with Gasteiger partial charge in [0.15, 0.2) is 0 Å². The number of carbonyl (C=O) groups is 1. The van der Waals surface area contributed by atoms with Gasteiger partial charge in [0.25, 0.3) is 11.6 Å². The molecule has 0 saturated heterocycles. The molecule has 0 aliphatic rings. The molecule has 22 heavy (non-hydrogen) atoms. The highest BCUT2D eigenvalue weighted by Gasteiger charge is 2.22. The van der Waals surface area contributed by atoms with Crippen molar-refractivity contribution in [1.82, 2.24) is 9.78 Å². The van der Waals surface area contributed by atoms with E-state index in [1.807, 2.05) is 0 Å². The zero-order chi connectivity index (χ0) is 16.0. The van der Waals surface area contributed by atoms with Crippen LogP contribution in [-0.4, -0.2) is 20.6 Å². The van der Waals surface area contributed by atoms with E-state index in [1.54, 1.807) is 26.0 Å². The van der Waals surface area contributed by atoms with Gasteiger partial charge in [-0.05, 0) is 26.0 Å². The van der Waals surface area contributed by atoms with E-state index < -0.39 is 4.92 Å². The Morgan fingerprint density at radius 1 is 1.36 bits per heavy atom. The maximum atomic E-state index is 12.6. The molecule has 0 unspecified atom stereocenters. The minimum atomic E-state index is -0.477. The minimum absolute atomic E-state index is 0.0319. The molecule has 0 atom stereocenters. The van der Waals surface area contributed by atoms with Crippen LogP contribution in [0.25, 0.3) is 10.1 Å². The topological polar surface area (TPSA) is 78.0 Å². The van der Waals surface area contributed by atoms with E-state index in [-0.39, 0.29) is 11.6 Å². The minimum Gasteiger partial charge on any atom is -0.266 e. The average Bonchev–Trinajstić information content (AvgIpc) is 2.98. The van der Waals surface area contributed by atoms with Crippen molar-refractivity contribution in [3.05, 3.63) is 55.7 Å². The molecule has 3 rings (SSSR count). The largest absolute Gasteiger partial charge is 0.290 e. The van der Waals surface area contributed by atoms with Crippen LogP contribution in [0.3, 0.4) is 0 Å². The van der Waals surface area contributed by atoms with E-state index in [9.17, 15) is 14.9 Å². The highest BCUT2D eigenvalue weighted by Crippen LogP contribution is 2.37. The molecule has 8 heteroatoms. The van der Waals surface area contributed by atoms with Gasteiger partial charge in [-0.25, -0.2) is 4.68 Å². The number of hydrogen-bond donors (Lipinski definition) is 0. The Bertz CT molecular complexity index is 929. The SMILES string of the molecule is Cc1cc(C)n(C(=O)c2sc3cc([N+](=O)[O-])ccc3c2Cl)n1. The fourth-order valence-electron chi connectivity index (χ4n) is 2.24. The number of thiophene rings is 1. The molecule has 0 N–H and O–H groups in total. The van der Waals surface area contributed by atoms with Crippen molar-refractivity contribution >= 4 is 44.6 Å². The Balaban J connectivity index is 2.15. The summed E-state index contributed by atoms with van der Waals surface area (Å²) in [7, 11) is 0. The molecular formula is C14H10ClN3O3S. The zero-order valence-corrected chi connectivity index (χ0v) is 13.2. The highest BCUT2D eigenvalue weighted by atomic mass is 35.5. The molecule has 0 aliphatic heterocycles. The predicted molar refractivity (Wildman–Crippen MR) is 84.9 cm³/mol. The Morgan fingerprint density at radius 3 is 2.68 bits per heavy atom. The van der Waals surface area contributed by atoms with Gasteiger partial charge in [0, 0.05) is 27.9 Å². The van der Waals surface area contributed by atoms with Crippen LogP contribution in [0, 0.1) is 24.0 Å². The Hall–Kier alpha value is -2.25. The number of aromatic nitrogens is 2. The van der Waals surface area contributed by atoms with E-state index in [0.29, 0.717) is 25.7 Å². The van der Waals surface area contributed by atoms with Crippen LogP contribution in [0.4, 0.5) is 5.69 Å². The molecule has 3 aromatic rings. The van der Waals surface area contributed by atoms with Crippen LogP contribution in [0.2, 0.25) is 5.02 Å². The zero-order valence-electron chi connectivity index (χ0n) is 11.7. The summed E-state index contributed by atoms with van der Waals surface area (Å²) < 4.78 is 1.89. The fourth-order valence-corrected chi connectivity index (χ4v) is 3.71. The van der Waals surface area contributed by atoms with Gasteiger partial charge in [-0.2, -0.15) is 5.10 Å². The van der Waals surface area contributed by atoms with Gasteiger partial charge >= 0.3 is 0 Å². The van der Waals surface area contributed by atoms with Crippen molar-refractivity contribution in [2.45, 2.75) is 13.8 Å². The van der Waals surface area contributed by atoms with Gasteiger partial charge < -0.3 is 0 Å². The fraction of sp³-hybridized carbons (Fsp3) is 0.143. The second-order valence-electron chi connectivity index (χ2n) is 4.83. The van der Waals surface area contributed by atoms with Crippen molar-refractivity contribution in [1.29, 1.82) is 0 Å². The van der Waals surface area contributed by atoms with Crippen LogP contribution in [0.1, 0.15) is 21.1 Å². The van der Waals surface area contributed by atoms with Crippen molar-refractivity contribution in [3.63, 3.8) is 0 Å². The van der Waals surface area contributed by atoms with Crippen molar-refractivity contribution in [3.8, 4) is 0 Å². The molecule has 0 radical (unpaired) electrons. The van der Waals surface area contributed by atoms with Crippen LogP contribution in [-0.2, 0) is 0 Å². The molecule has 2 aromatic heterocycles. The maximum Gasteiger partial charge on any atom is 0.290 e. The summed E-state index contributed by atoms with van der Waals surface area (Å²) in [6.45, 7) is 3.58. The molecule has 0 saturated carbocycles. The monoisotopic (exact) mass is 335 g/mol. The van der Waals surface area contributed by atoms with Crippen LogP contribution in [0.15, 0.2) is 24.3 Å². The standard InChI is InChI=1S/C14H10ClN3O3S/c1-7-5-8(2)17(16-7)14(19)13-12(15)10-4-3-9(18(20)21)6-11(10)22-13/h3-6H,1-2H3. The summed E-state index contributed by atoms with van der Waals surface area (Å²) in [5, 5.41) is 15.9. The highest BCUT2D eigenvalue weighted by molar-refractivity contribution is 7.21. The third kappa shape index (κ3) is 2.28. The van der Waals surface area contributed by atoms with E-state index in [4.69, 9.17) is 11.6 Å². The van der Waals surface area contributed by atoms with Gasteiger partial charge in [-0.15, -0.1) is 11.3 Å². The van der Waals surface area contributed by atoms with Crippen molar-refractivity contribution < 1.29 is 9.72 Å². The number of nitro benzene ring substituents is 1. The van der Waals surface area contributed by atoms with Crippen LogP contribution >= 0.6 is 22.9 Å². The first-order valence-corrected chi connectivity index (χ1v) is 7.52. The molecule has 0 bridgehead atoms. The lowest BCUT2D eigenvalue weighted by molar-refractivity contribution is -0.384. The smallest absolute Gasteiger partial charge is 0.266 e. The predicted octanol–water partition coefficient (Wildman–Crippen LogP) is 3.96. The summed E-state index contributed by atoms with van der Waals surface area (Å²) in [6, 6.07) is 6.15. The first-order chi connectivity index (χ1) is 10.4. The Kier molecular flexibility index (Phi) is 3.46. The quantitative estimate of drug-likeness (QED) is 0.524. The lowest BCUT2D eigenvalue weighted by Crippen LogP contribution is -2.14. The van der Waals surface area contributed by atoms with Crippen molar-refractivity contribution in [2.75, 3.05) is 0 Å². The van der Waals surface area contributed by atoms with Gasteiger partial charge in [-0.3, -0.25) is 14.9 Å². The Labute approximate surface area is 134 Å². The van der Waals surface area contributed by atoms with E-state index in [0.717, 1.165) is 17.0 Å². The van der Waals surface area contributed by atoms with Crippen molar-refractivity contribution in [2.24, 2.45) is 0 Å². The second kappa shape index (κ2) is 5.19. The molecule has 0 spiro atoms. The second-order valence-corrected chi connectivity index (χ2v) is 6.26. The normalized spacial score (nSPS) is 11.0. The first kappa shape index (κ1) is 14.7. The number of benzene rings is 1. The summed E-state index contributed by atoms with van der Waals surface area (Å²) in [6.07, 6.45) is 0. The molecule has 0 fully saturated rings. The van der Waals surface area contributed by atoms with Gasteiger partial charge in [0.1, 0.15) is 4.88 Å². The van der Waals surface area contributed by atoms with Gasteiger partial charge in [0.05, 0.1) is 15.6 Å². The number of halogens is 1. The third-order valence-electron chi connectivity index (χ3n) is 3.22. The van der Waals surface area contributed by atoms with Gasteiger partial charge in [-0.1, -0.05) is 11.6 Å². The van der Waals surface area contributed by atoms with Gasteiger partial charge in [0.2, 0.25) is 0 Å². The maximum absolute atomic E-state index is 12.6.